The van der Waals surface area contributed by atoms with Gasteiger partial charge in [0.05, 0.1) is 12.1 Å². The van der Waals surface area contributed by atoms with Crippen molar-refractivity contribution in [1.29, 1.82) is 0 Å². The van der Waals surface area contributed by atoms with Crippen molar-refractivity contribution in [3.05, 3.63) is 35.2 Å². The van der Waals surface area contributed by atoms with Crippen molar-refractivity contribution in [3.8, 4) is 5.75 Å². The highest BCUT2D eigenvalue weighted by molar-refractivity contribution is 5.56. The Hall–Kier alpha value is -1.74. The summed E-state index contributed by atoms with van der Waals surface area (Å²) in [6.07, 6.45) is -4.88. The summed E-state index contributed by atoms with van der Waals surface area (Å²) in [5.74, 6) is 0.109. The van der Waals surface area contributed by atoms with E-state index >= 15 is 0 Å². The third-order valence-electron chi connectivity index (χ3n) is 4.60. The number of rotatable bonds is 2. The van der Waals surface area contributed by atoms with Crippen LogP contribution in [-0.2, 0) is 6.18 Å². The van der Waals surface area contributed by atoms with Gasteiger partial charge in [-0.2, -0.15) is 13.2 Å². The predicted molar refractivity (Wildman–Crippen MR) is 77.7 cm³/mol. The first kappa shape index (κ1) is 16.6. The summed E-state index contributed by atoms with van der Waals surface area (Å²) in [6.45, 7) is 14.6. The van der Waals surface area contributed by atoms with Crippen LogP contribution in [0.4, 0.5) is 18.9 Å². The first-order valence-corrected chi connectivity index (χ1v) is 6.93. The molecular weight excluding hydrogens is 293 g/mol. The first-order valence-electron chi connectivity index (χ1n) is 6.93. The van der Waals surface area contributed by atoms with Gasteiger partial charge in [-0.15, -0.1) is 0 Å². The molecule has 1 saturated carbocycles. The molecule has 1 aromatic carbocycles. The van der Waals surface area contributed by atoms with Crippen LogP contribution in [0.25, 0.3) is 4.85 Å². The van der Waals surface area contributed by atoms with Crippen LogP contribution in [0.3, 0.4) is 0 Å². The number of alkyl halides is 3. The Morgan fingerprint density at radius 3 is 2.18 bits per heavy atom. The van der Waals surface area contributed by atoms with Gasteiger partial charge in [0.25, 0.3) is 0 Å². The Kier molecular flexibility index (Phi) is 3.69. The third kappa shape index (κ3) is 2.44. The Bertz CT molecular complexity index is 613. The van der Waals surface area contributed by atoms with E-state index in [2.05, 4.69) is 4.85 Å². The molecule has 1 fully saturated rings. The molecule has 1 aliphatic carbocycles. The molecule has 1 aromatic rings. The van der Waals surface area contributed by atoms with Gasteiger partial charge in [-0.25, -0.2) is 4.85 Å². The maximum atomic E-state index is 13.0. The van der Waals surface area contributed by atoms with Crippen molar-refractivity contribution >= 4 is 5.69 Å². The molecule has 0 atom stereocenters. The SMILES string of the molecule is [C-]#[N+]c1ccc(OC2C(C)(C)C(N)C2(C)C)cc1C(F)(F)F. The van der Waals surface area contributed by atoms with Gasteiger partial charge in [0.1, 0.15) is 11.9 Å². The summed E-state index contributed by atoms with van der Waals surface area (Å²) in [7, 11) is 0. The van der Waals surface area contributed by atoms with Gasteiger partial charge in [-0.3, -0.25) is 0 Å². The molecule has 0 bridgehead atoms. The summed E-state index contributed by atoms with van der Waals surface area (Å²) in [5.41, 5.74) is 4.06. The normalized spacial score (nSPS) is 26.0. The molecule has 0 heterocycles. The quantitative estimate of drug-likeness (QED) is 0.822. The number of halogens is 3. The lowest BCUT2D eigenvalue weighted by Crippen LogP contribution is -2.72. The van der Waals surface area contributed by atoms with E-state index in [0.29, 0.717) is 0 Å². The molecular formula is C16H19F3N2O. The maximum absolute atomic E-state index is 13.0. The molecule has 3 nitrogen and oxygen atoms in total. The predicted octanol–water partition coefficient (Wildman–Crippen LogP) is 4.40. The molecule has 0 spiro atoms. The number of ether oxygens (including phenoxy) is 1. The molecule has 22 heavy (non-hydrogen) atoms. The minimum atomic E-state index is -4.58. The van der Waals surface area contributed by atoms with E-state index in [-0.39, 0.29) is 28.7 Å². The van der Waals surface area contributed by atoms with Crippen LogP contribution in [0.2, 0.25) is 0 Å². The largest absolute Gasteiger partial charge is 0.489 e. The van der Waals surface area contributed by atoms with E-state index < -0.39 is 17.4 Å². The molecule has 0 aromatic heterocycles. The van der Waals surface area contributed by atoms with E-state index in [0.717, 1.165) is 12.1 Å². The Morgan fingerprint density at radius 2 is 1.73 bits per heavy atom. The summed E-state index contributed by atoms with van der Waals surface area (Å²) >= 11 is 0. The number of hydrogen-bond donors (Lipinski definition) is 1. The fourth-order valence-corrected chi connectivity index (χ4v) is 3.50. The number of hydrogen-bond acceptors (Lipinski definition) is 2. The zero-order chi connectivity index (χ0) is 16.9. The van der Waals surface area contributed by atoms with E-state index in [1.165, 1.54) is 6.07 Å². The van der Waals surface area contributed by atoms with Crippen LogP contribution in [-0.4, -0.2) is 12.1 Å². The summed E-state index contributed by atoms with van der Waals surface area (Å²) in [4.78, 5) is 2.92. The molecule has 2 rings (SSSR count). The fourth-order valence-electron chi connectivity index (χ4n) is 3.50. The lowest BCUT2D eigenvalue weighted by Gasteiger charge is -2.61. The van der Waals surface area contributed by atoms with Crippen molar-refractivity contribution in [3.63, 3.8) is 0 Å². The first-order chi connectivity index (χ1) is 9.92. The highest BCUT2D eigenvalue weighted by atomic mass is 19.4. The maximum Gasteiger partial charge on any atom is 0.407 e. The molecule has 120 valence electrons. The summed E-state index contributed by atoms with van der Waals surface area (Å²) in [5, 5.41) is 0. The van der Waals surface area contributed by atoms with Crippen molar-refractivity contribution in [2.24, 2.45) is 16.6 Å². The number of nitrogens with zero attached hydrogens (tertiary/aromatic N) is 1. The third-order valence-corrected chi connectivity index (χ3v) is 4.60. The van der Waals surface area contributed by atoms with Gasteiger partial charge in [-0.05, 0) is 12.1 Å². The Balaban J connectivity index is 2.34. The van der Waals surface area contributed by atoms with Gasteiger partial charge in [-0.1, -0.05) is 33.8 Å². The second kappa shape index (κ2) is 4.88. The van der Waals surface area contributed by atoms with Crippen molar-refractivity contribution in [2.75, 3.05) is 0 Å². The van der Waals surface area contributed by atoms with E-state index in [1.807, 2.05) is 27.7 Å². The van der Waals surface area contributed by atoms with Crippen molar-refractivity contribution in [2.45, 2.75) is 46.0 Å². The Morgan fingerprint density at radius 1 is 1.18 bits per heavy atom. The monoisotopic (exact) mass is 312 g/mol. The highest BCUT2D eigenvalue weighted by Gasteiger charge is 2.61. The average Bonchev–Trinajstić information content (AvgIpc) is 2.42. The van der Waals surface area contributed by atoms with Crippen LogP contribution in [0.15, 0.2) is 18.2 Å². The van der Waals surface area contributed by atoms with Crippen LogP contribution in [0, 0.1) is 17.4 Å². The van der Waals surface area contributed by atoms with E-state index in [1.54, 1.807) is 0 Å². The minimum absolute atomic E-state index is 0.102. The zero-order valence-electron chi connectivity index (χ0n) is 13.0. The topological polar surface area (TPSA) is 39.6 Å². The average molecular weight is 312 g/mol. The summed E-state index contributed by atoms with van der Waals surface area (Å²) < 4.78 is 44.8. The smallest absolute Gasteiger partial charge is 0.407 e. The molecule has 0 saturated heterocycles. The molecule has 0 unspecified atom stereocenters. The zero-order valence-corrected chi connectivity index (χ0v) is 13.0. The van der Waals surface area contributed by atoms with Gasteiger partial charge in [0.2, 0.25) is 0 Å². The van der Waals surface area contributed by atoms with Gasteiger partial charge >= 0.3 is 6.18 Å². The standard InChI is InChI=1S/C16H19F3N2O/c1-14(2)12(20)15(3,4)13(14)22-9-6-7-11(21-5)10(8-9)16(17,18)19/h6-8,12-13H,20H2,1-4H3. The minimum Gasteiger partial charge on any atom is -0.489 e. The van der Waals surface area contributed by atoms with Gasteiger partial charge in [0, 0.05) is 16.9 Å². The molecule has 1 aliphatic rings. The molecule has 0 radical (unpaired) electrons. The second-order valence-electron chi connectivity index (χ2n) is 6.91. The van der Waals surface area contributed by atoms with E-state index in [9.17, 15) is 13.2 Å². The highest BCUT2D eigenvalue weighted by Crippen LogP contribution is 2.54. The van der Waals surface area contributed by atoms with Gasteiger partial charge in [0.15, 0.2) is 5.69 Å². The number of benzene rings is 1. The van der Waals surface area contributed by atoms with Gasteiger partial charge < -0.3 is 10.5 Å². The van der Waals surface area contributed by atoms with Crippen molar-refractivity contribution in [1.82, 2.24) is 0 Å². The van der Waals surface area contributed by atoms with E-state index in [4.69, 9.17) is 17.0 Å². The van der Waals surface area contributed by atoms with Crippen LogP contribution >= 0.6 is 0 Å². The summed E-state index contributed by atoms with van der Waals surface area (Å²) in [6, 6.07) is 3.33. The van der Waals surface area contributed by atoms with Crippen LogP contribution in [0.1, 0.15) is 33.3 Å². The fraction of sp³-hybridized carbons (Fsp3) is 0.562. The lowest BCUT2D eigenvalue weighted by atomic mass is 9.50. The van der Waals surface area contributed by atoms with Crippen LogP contribution < -0.4 is 10.5 Å². The molecule has 0 aliphatic heterocycles. The second-order valence-corrected chi connectivity index (χ2v) is 6.91. The van der Waals surface area contributed by atoms with Crippen LogP contribution in [0.5, 0.6) is 5.75 Å². The van der Waals surface area contributed by atoms with Crippen molar-refractivity contribution < 1.29 is 17.9 Å². The molecule has 0 amide bonds. The molecule has 2 N–H and O–H groups in total. The number of nitrogens with two attached hydrogens (primary N) is 1. The molecule has 6 heteroatoms. The lowest BCUT2D eigenvalue weighted by molar-refractivity contribution is -0.156. The Labute approximate surface area is 128 Å².